The fourth-order valence-electron chi connectivity index (χ4n) is 10.7. The van der Waals surface area contributed by atoms with E-state index in [1.807, 2.05) is 36.7 Å². The van der Waals surface area contributed by atoms with Crippen LogP contribution in [0.5, 0.6) is 0 Å². The summed E-state index contributed by atoms with van der Waals surface area (Å²) in [5.74, 6) is 0.931. The van der Waals surface area contributed by atoms with Crippen LogP contribution < -0.4 is 9.80 Å². The van der Waals surface area contributed by atoms with Crippen molar-refractivity contribution in [2.24, 2.45) is 0 Å². The Hall–Kier alpha value is -6.98. The number of benzene rings is 8. The summed E-state index contributed by atoms with van der Waals surface area (Å²) in [4.78, 5) is 9.33. The summed E-state index contributed by atoms with van der Waals surface area (Å²) in [5, 5.41) is 2.23. The average molecular weight is 1040 g/mol. The monoisotopic (exact) mass is 1040 g/mol. The smallest absolute Gasteiger partial charge is 0.135 e. The third-order valence-corrected chi connectivity index (χ3v) is 13.7. The van der Waals surface area contributed by atoms with E-state index in [2.05, 4.69) is 219 Å². The maximum atomic E-state index is 6.44. The van der Waals surface area contributed by atoms with Crippen molar-refractivity contribution >= 4 is 56.1 Å². The molecule has 0 bridgehead atoms. The van der Waals surface area contributed by atoms with Gasteiger partial charge in [0.1, 0.15) is 11.2 Å². The molecule has 1 radical (unpaired) electrons. The summed E-state index contributed by atoms with van der Waals surface area (Å²) in [7, 11) is 0. The minimum Gasteiger partial charge on any atom is -0.456 e. The summed E-state index contributed by atoms with van der Waals surface area (Å²) >= 11 is 0. The number of rotatable bonds is 4. The summed E-state index contributed by atoms with van der Waals surface area (Å²) in [6.45, 7) is 15.7. The summed E-state index contributed by atoms with van der Waals surface area (Å²) in [6, 6.07) is 64.1. The number of imidazole rings is 1. The molecule has 2 aromatic heterocycles. The Bertz CT molecular complexity index is 3170. The Labute approximate surface area is 401 Å². The minimum atomic E-state index is -0.0966. The number of aryl methyl sites for hydroxylation is 3. The molecule has 4 heterocycles. The van der Waals surface area contributed by atoms with Crippen LogP contribution in [0.15, 0.2) is 187 Å². The second-order valence-electron chi connectivity index (χ2n) is 18.6. The van der Waals surface area contributed by atoms with Gasteiger partial charge < -0.3 is 18.8 Å². The van der Waals surface area contributed by atoms with Gasteiger partial charge in [-0.1, -0.05) is 118 Å². The van der Waals surface area contributed by atoms with E-state index in [0.29, 0.717) is 0 Å². The fourth-order valence-corrected chi connectivity index (χ4v) is 10.7. The van der Waals surface area contributed by atoms with Crippen molar-refractivity contribution in [2.45, 2.75) is 59.3 Å². The molecule has 2 aliphatic heterocycles. The molecule has 2 aliphatic rings. The zero-order valence-electron chi connectivity index (χ0n) is 38.4. The number of anilines is 6. The summed E-state index contributed by atoms with van der Waals surface area (Å²) in [5.41, 5.74) is 20.1. The van der Waals surface area contributed by atoms with Gasteiger partial charge in [0, 0.05) is 71.2 Å². The van der Waals surface area contributed by atoms with E-state index in [-0.39, 0.29) is 30.9 Å². The molecule has 5 nitrogen and oxygen atoms in total. The van der Waals surface area contributed by atoms with E-state index in [4.69, 9.17) is 4.42 Å². The molecule has 0 saturated carbocycles. The number of hydrogen-bond acceptors (Lipinski definition) is 4. The fraction of sp³-hybridized carbons (Fsp3) is 0.150. The van der Waals surface area contributed by atoms with Crippen LogP contribution in [-0.4, -0.2) is 9.55 Å². The van der Waals surface area contributed by atoms with Crippen LogP contribution in [0.25, 0.3) is 39.0 Å². The molecule has 8 aromatic carbocycles. The number of nitrogens with zero attached hydrogens (tertiary/aromatic N) is 4. The molecule has 66 heavy (non-hydrogen) atoms. The van der Waals surface area contributed by atoms with E-state index in [9.17, 15) is 0 Å². The summed E-state index contributed by atoms with van der Waals surface area (Å²) in [6.07, 6.45) is 3.86. The zero-order chi connectivity index (χ0) is 44.6. The van der Waals surface area contributed by atoms with Gasteiger partial charge in [-0.25, -0.2) is 0 Å². The molecule has 327 valence electrons. The first-order chi connectivity index (χ1) is 31.5. The molecular formula is C60H51IrN4O-. The molecule has 10 aromatic rings. The number of para-hydroxylation sites is 4. The first-order valence-electron chi connectivity index (χ1n) is 22.5. The Morgan fingerprint density at radius 2 is 0.924 bits per heavy atom. The van der Waals surface area contributed by atoms with Gasteiger partial charge in [-0.05, 0) is 115 Å². The predicted molar refractivity (Wildman–Crippen MR) is 269 cm³/mol. The average Bonchev–Trinajstić information content (AvgIpc) is 3.94. The minimum absolute atomic E-state index is 0. The van der Waals surface area contributed by atoms with Gasteiger partial charge in [0.05, 0.1) is 28.6 Å². The molecule has 0 atom stereocenters. The van der Waals surface area contributed by atoms with Gasteiger partial charge >= 0.3 is 0 Å². The van der Waals surface area contributed by atoms with Crippen molar-refractivity contribution in [3.05, 3.63) is 227 Å². The molecule has 12 rings (SSSR count). The SMILES string of the molecule is CC1(C)c2ccccc2N(c2ccc3oc4ccc(N5c6ccccc6C(C)(C)c6ccccc65)cc4c3c2)c2ccccc21.Cc1cc(C)c(-n2ccnc2-c2[c-]cccc2)c(C)c1.[Ir]. The van der Waals surface area contributed by atoms with E-state index < -0.39 is 0 Å². The molecule has 0 aliphatic carbocycles. The molecule has 0 N–H and O–H groups in total. The number of fused-ring (bicyclic) bond motifs is 7. The van der Waals surface area contributed by atoms with Crippen molar-refractivity contribution in [3.63, 3.8) is 0 Å². The van der Waals surface area contributed by atoms with Gasteiger partial charge in [-0.3, -0.25) is 4.98 Å². The van der Waals surface area contributed by atoms with Crippen LogP contribution in [0.3, 0.4) is 0 Å². The largest absolute Gasteiger partial charge is 0.456 e. The van der Waals surface area contributed by atoms with Crippen LogP contribution in [0.2, 0.25) is 0 Å². The maximum Gasteiger partial charge on any atom is 0.135 e. The summed E-state index contributed by atoms with van der Waals surface area (Å²) < 4.78 is 8.59. The zero-order valence-corrected chi connectivity index (χ0v) is 40.7. The van der Waals surface area contributed by atoms with Crippen LogP contribution in [0.4, 0.5) is 34.1 Å². The van der Waals surface area contributed by atoms with E-state index in [1.165, 1.54) is 67.4 Å². The van der Waals surface area contributed by atoms with E-state index >= 15 is 0 Å². The van der Waals surface area contributed by atoms with Gasteiger partial charge in [-0.2, -0.15) is 0 Å². The normalized spacial score (nSPS) is 14.0. The quantitative estimate of drug-likeness (QED) is 0.165. The second-order valence-corrected chi connectivity index (χ2v) is 18.6. The van der Waals surface area contributed by atoms with Gasteiger partial charge in [0.15, 0.2) is 0 Å². The second kappa shape index (κ2) is 16.5. The molecule has 6 heteroatoms. The van der Waals surface area contributed by atoms with Crippen molar-refractivity contribution in [1.29, 1.82) is 0 Å². The van der Waals surface area contributed by atoms with E-state index in [0.717, 1.165) is 44.7 Å². The molecule has 0 unspecified atom stereocenters. The van der Waals surface area contributed by atoms with Crippen molar-refractivity contribution in [2.75, 3.05) is 9.80 Å². The van der Waals surface area contributed by atoms with Crippen LogP contribution in [-0.2, 0) is 30.9 Å². The third-order valence-electron chi connectivity index (χ3n) is 13.7. The molecule has 0 saturated heterocycles. The molecule has 0 fully saturated rings. The first-order valence-corrected chi connectivity index (χ1v) is 22.5. The van der Waals surface area contributed by atoms with Crippen molar-refractivity contribution in [1.82, 2.24) is 9.55 Å². The van der Waals surface area contributed by atoms with Gasteiger partial charge in [0.25, 0.3) is 0 Å². The van der Waals surface area contributed by atoms with E-state index in [1.54, 1.807) is 0 Å². The third kappa shape index (κ3) is 6.90. The Kier molecular flexibility index (Phi) is 10.7. The van der Waals surface area contributed by atoms with Gasteiger partial charge in [-0.15, -0.1) is 35.9 Å². The predicted octanol–water partition coefficient (Wildman–Crippen LogP) is 16.1. The Balaban J connectivity index is 0.000000205. The first kappa shape index (κ1) is 42.9. The number of furan rings is 1. The molecule has 0 spiro atoms. The standard InChI is InChI=1S/C42H34N2O.C18H17N2.Ir/c1-41(2)31-13-5-9-17-35(31)43(36-18-10-6-14-32(36)41)27-21-23-39-29(25-27)30-26-28(22-24-40(30)45-39)44-37-19-11-7-15-33(37)42(3,4)34-16-8-12-20-38(34)44;1-13-11-14(2)17(15(3)12-13)20-10-9-19-18(20)16-7-5-4-6-8-16;/h5-26H,1-4H3;4-7,9-12H,1-3H3;/q;-1;. The van der Waals surface area contributed by atoms with Crippen molar-refractivity contribution in [3.8, 4) is 17.1 Å². The maximum absolute atomic E-state index is 6.44. The topological polar surface area (TPSA) is 37.4 Å². The molecular weight excluding hydrogens is 985 g/mol. The van der Waals surface area contributed by atoms with Crippen molar-refractivity contribution < 1.29 is 24.5 Å². The number of hydrogen-bond donors (Lipinski definition) is 0. The molecule has 0 amide bonds. The Morgan fingerprint density at radius 3 is 1.35 bits per heavy atom. The van der Waals surface area contributed by atoms with Crippen LogP contribution >= 0.6 is 0 Å². The Morgan fingerprint density at radius 1 is 0.500 bits per heavy atom. The van der Waals surface area contributed by atoms with Crippen LogP contribution in [0, 0.1) is 26.8 Å². The number of aromatic nitrogens is 2. The van der Waals surface area contributed by atoms with Gasteiger partial charge in [0.2, 0.25) is 0 Å². The van der Waals surface area contributed by atoms with Crippen LogP contribution in [0.1, 0.15) is 66.6 Å².